The van der Waals surface area contributed by atoms with E-state index >= 15 is 0 Å². The average Bonchev–Trinajstić information content (AvgIpc) is 2.29. The number of hydrogen-bond acceptors (Lipinski definition) is 3. The standard InChI is InChI=1S/C11H20FNO3/c1-11(2,3)16-10(14)13-9-5-4-6-15-7-8(9)12/h8-9H,4-7H2,1-3H3,(H,13,14)/t8-,9?/m1/s1. The maximum Gasteiger partial charge on any atom is 0.407 e. The zero-order valence-corrected chi connectivity index (χ0v) is 10.1. The van der Waals surface area contributed by atoms with Crippen molar-refractivity contribution in [1.29, 1.82) is 0 Å². The first-order chi connectivity index (χ1) is 7.38. The molecule has 0 aromatic heterocycles. The Kier molecular flexibility index (Phi) is 4.53. The normalized spacial score (nSPS) is 27.0. The third-order valence-electron chi connectivity index (χ3n) is 2.22. The summed E-state index contributed by atoms with van der Waals surface area (Å²) in [6.07, 6.45) is -0.390. The Morgan fingerprint density at radius 2 is 2.19 bits per heavy atom. The molecule has 1 rings (SSSR count). The van der Waals surface area contributed by atoms with E-state index in [2.05, 4.69) is 5.32 Å². The van der Waals surface area contributed by atoms with Gasteiger partial charge in [0.1, 0.15) is 11.8 Å². The molecule has 0 radical (unpaired) electrons. The van der Waals surface area contributed by atoms with Crippen LogP contribution in [0.3, 0.4) is 0 Å². The summed E-state index contributed by atoms with van der Waals surface area (Å²) in [5, 5.41) is 2.55. The van der Waals surface area contributed by atoms with Crippen molar-refractivity contribution in [1.82, 2.24) is 5.32 Å². The van der Waals surface area contributed by atoms with Crippen LogP contribution in [0.5, 0.6) is 0 Å². The monoisotopic (exact) mass is 233 g/mol. The highest BCUT2D eigenvalue weighted by molar-refractivity contribution is 5.68. The van der Waals surface area contributed by atoms with Crippen LogP contribution in [0.25, 0.3) is 0 Å². The lowest BCUT2D eigenvalue weighted by Crippen LogP contribution is -2.44. The van der Waals surface area contributed by atoms with Crippen LogP contribution in [0.15, 0.2) is 0 Å². The number of rotatable bonds is 1. The molecule has 4 nitrogen and oxygen atoms in total. The van der Waals surface area contributed by atoms with Crippen molar-refractivity contribution in [2.75, 3.05) is 13.2 Å². The van der Waals surface area contributed by atoms with Gasteiger partial charge in [-0.05, 0) is 33.6 Å². The van der Waals surface area contributed by atoms with Gasteiger partial charge in [0.05, 0.1) is 12.6 Å². The molecule has 0 saturated carbocycles. The summed E-state index contributed by atoms with van der Waals surface area (Å²) in [6.45, 7) is 5.91. The molecule has 0 aromatic rings. The van der Waals surface area contributed by atoms with Crippen LogP contribution in [-0.2, 0) is 9.47 Å². The van der Waals surface area contributed by atoms with Gasteiger partial charge in [-0.3, -0.25) is 0 Å². The van der Waals surface area contributed by atoms with Gasteiger partial charge in [-0.1, -0.05) is 0 Å². The minimum atomic E-state index is -1.16. The Morgan fingerprint density at radius 3 is 2.81 bits per heavy atom. The number of carbonyl (C=O) groups is 1. The summed E-state index contributed by atoms with van der Waals surface area (Å²) in [4.78, 5) is 11.4. The first kappa shape index (κ1) is 13.2. The lowest BCUT2D eigenvalue weighted by atomic mass is 10.1. The van der Waals surface area contributed by atoms with Gasteiger partial charge in [0.2, 0.25) is 0 Å². The van der Waals surface area contributed by atoms with E-state index in [1.165, 1.54) is 0 Å². The molecule has 94 valence electrons. The zero-order chi connectivity index (χ0) is 12.2. The van der Waals surface area contributed by atoms with Gasteiger partial charge in [0.15, 0.2) is 0 Å². The highest BCUT2D eigenvalue weighted by atomic mass is 19.1. The Morgan fingerprint density at radius 1 is 1.50 bits per heavy atom. The number of hydrogen-bond donors (Lipinski definition) is 1. The Hall–Kier alpha value is -0.840. The van der Waals surface area contributed by atoms with E-state index in [1.807, 2.05) is 0 Å². The zero-order valence-electron chi connectivity index (χ0n) is 10.1. The number of carbonyl (C=O) groups excluding carboxylic acids is 1. The van der Waals surface area contributed by atoms with Crippen molar-refractivity contribution in [2.45, 2.75) is 51.4 Å². The molecule has 16 heavy (non-hydrogen) atoms. The summed E-state index contributed by atoms with van der Waals surface area (Å²) in [5.41, 5.74) is -0.558. The summed E-state index contributed by atoms with van der Waals surface area (Å²) in [7, 11) is 0. The van der Waals surface area contributed by atoms with Crippen LogP contribution in [0.4, 0.5) is 9.18 Å². The molecule has 1 aliphatic rings. The summed E-state index contributed by atoms with van der Waals surface area (Å²) in [6, 6.07) is -0.502. The van der Waals surface area contributed by atoms with Crippen LogP contribution in [-0.4, -0.2) is 37.1 Å². The summed E-state index contributed by atoms with van der Waals surface area (Å²) in [5.74, 6) is 0. The van der Waals surface area contributed by atoms with Crippen LogP contribution in [0.1, 0.15) is 33.6 Å². The van der Waals surface area contributed by atoms with E-state index in [0.717, 1.165) is 6.42 Å². The van der Waals surface area contributed by atoms with Crippen molar-refractivity contribution in [3.8, 4) is 0 Å². The van der Waals surface area contributed by atoms with Crippen LogP contribution in [0, 0.1) is 0 Å². The molecule has 1 saturated heterocycles. The molecule has 5 heteroatoms. The van der Waals surface area contributed by atoms with Crippen molar-refractivity contribution in [3.05, 3.63) is 0 Å². The Balaban J connectivity index is 2.42. The molecule has 1 N–H and O–H groups in total. The van der Waals surface area contributed by atoms with Gasteiger partial charge in [-0.15, -0.1) is 0 Å². The third kappa shape index (κ3) is 4.79. The fraction of sp³-hybridized carbons (Fsp3) is 0.909. The molecular weight excluding hydrogens is 213 g/mol. The number of amides is 1. The van der Waals surface area contributed by atoms with Crippen LogP contribution >= 0.6 is 0 Å². The smallest absolute Gasteiger partial charge is 0.407 e. The van der Waals surface area contributed by atoms with Crippen LogP contribution < -0.4 is 5.32 Å². The fourth-order valence-electron chi connectivity index (χ4n) is 1.52. The van der Waals surface area contributed by atoms with Crippen LogP contribution in [0.2, 0.25) is 0 Å². The molecule has 0 aromatic carbocycles. The maximum absolute atomic E-state index is 13.5. The average molecular weight is 233 g/mol. The van der Waals surface area contributed by atoms with E-state index in [4.69, 9.17) is 9.47 Å². The number of alkyl carbamates (subject to hydrolysis) is 1. The molecule has 1 amide bonds. The number of alkyl halides is 1. The quantitative estimate of drug-likeness (QED) is 0.753. The van der Waals surface area contributed by atoms with E-state index in [9.17, 15) is 9.18 Å². The van der Waals surface area contributed by atoms with Gasteiger partial charge < -0.3 is 14.8 Å². The molecular formula is C11H20FNO3. The molecule has 1 fully saturated rings. The van der Waals surface area contributed by atoms with Gasteiger partial charge in [-0.25, -0.2) is 9.18 Å². The van der Waals surface area contributed by atoms with Gasteiger partial charge >= 0.3 is 6.09 Å². The number of ether oxygens (including phenoxy) is 2. The van der Waals surface area contributed by atoms with Crippen molar-refractivity contribution in [2.24, 2.45) is 0 Å². The number of nitrogens with one attached hydrogen (secondary N) is 1. The first-order valence-electron chi connectivity index (χ1n) is 5.60. The predicted octanol–water partition coefficient (Wildman–Crippen LogP) is 2.03. The minimum Gasteiger partial charge on any atom is -0.444 e. The second-order valence-electron chi connectivity index (χ2n) is 4.99. The van der Waals surface area contributed by atoms with Crippen molar-refractivity contribution >= 4 is 6.09 Å². The Bertz CT molecular complexity index is 240. The largest absolute Gasteiger partial charge is 0.444 e. The third-order valence-corrected chi connectivity index (χ3v) is 2.22. The summed E-state index contributed by atoms with van der Waals surface area (Å²) >= 11 is 0. The molecule has 1 aliphatic heterocycles. The minimum absolute atomic E-state index is 0.0421. The molecule has 1 heterocycles. The maximum atomic E-state index is 13.5. The first-order valence-corrected chi connectivity index (χ1v) is 5.60. The lowest BCUT2D eigenvalue weighted by molar-refractivity contribution is 0.0437. The molecule has 0 spiro atoms. The summed E-state index contributed by atoms with van der Waals surface area (Å²) < 4.78 is 23.6. The molecule has 1 unspecified atom stereocenters. The molecule has 0 aliphatic carbocycles. The highest BCUT2D eigenvalue weighted by Crippen LogP contribution is 2.13. The van der Waals surface area contributed by atoms with Crippen molar-refractivity contribution < 1.29 is 18.7 Å². The van der Waals surface area contributed by atoms with Gasteiger partial charge in [0, 0.05) is 6.61 Å². The second kappa shape index (κ2) is 5.48. The van der Waals surface area contributed by atoms with E-state index in [-0.39, 0.29) is 6.61 Å². The second-order valence-corrected chi connectivity index (χ2v) is 4.99. The SMILES string of the molecule is CC(C)(C)OC(=O)NC1CCCOC[C@H]1F. The van der Waals surface area contributed by atoms with Gasteiger partial charge in [0.25, 0.3) is 0 Å². The van der Waals surface area contributed by atoms with E-state index in [0.29, 0.717) is 13.0 Å². The highest BCUT2D eigenvalue weighted by Gasteiger charge is 2.27. The van der Waals surface area contributed by atoms with E-state index < -0.39 is 23.9 Å². The van der Waals surface area contributed by atoms with Crippen molar-refractivity contribution in [3.63, 3.8) is 0 Å². The molecule has 2 atom stereocenters. The van der Waals surface area contributed by atoms with Gasteiger partial charge in [-0.2, -0.15) is 0 Å². The lowest BCUT2D eigenvalue weighted by Gasteiger charge is -2.24. The fourth-order valence-corrected chi connectivity index (χ4v) is 1.52. The topological polar surface area (TPSA) is 47.6 Å². The van der Waals surface area contributed by atoms with E-state index in [1.54, 1.807) is 20.8 Å². The number of halogens is 1. The molecule has 0 bridgehead atoms. The predicted molar refractivity (Wildman–Crippen MR) is 58.1 cm³/mol. The Labute approximate surface area is 95.5 Å².